The van der Waals surface area contributed by atoms with E-state index in [9.17, 15) is 4.79 Å². The molecule has 2 unspecified atom stereocenters. The van der Waals surface area contributed by atoms with Crippen LogP contribution in [0.25, 0.3) is 0 Å². The van der Waals surface area contributed by atoms with Gasteiger partial charge in [0.2, 0.25) is 0 Å². The van der Waals surface area contributed by atoms with Gasteiger partial charge in [0.05, 0.1) is 6.61 Å². The molecule has 0 radical (unpaired) electrons. The summed E-state index contributed by atoms with van der Waals surface area (Å²) in [6.07, 6.45) is 2.29. The monoisotopic (exact) mass is 198 g/mol. The Morgan fingerprint density at radius 1 is 1.36 bits per heavy atom. The third-order valence-electron chi connectivity index (χ3n) is 2.35. The van der Waals surface area contributed by atoms with Crippen LogP contribution in [0.2, 0.25) is 0 Å². The van der Waals surface area contributed by atoms with Crippen molar-refractivity contribution < 1.29 is 9.53 Å². The minimum absolute atomic E-state index is 0.277. The normalized spacial score (nSPS) is 14.6. The van der Waals surface area contributed by atoms with Crippen molar-refractivity contribution in [1.29, 1.82) is 0 Å². The largest absolute Gasteiger partial charge is 0.462 e. The standard InChI is InChI=1S/C12H22O2/c1-6-10(4)7-11(5)8-14-12(13)9(2)3/h10-11H,2,6-8H2,1,3-5H3. The molecular weight excluding hydrogens is 176 g/mol. The Morgan fingerprint density at radius 2 is 1.93 bits per heavy atom. The molecule has 2 heteroatoms. The van der Waals surface area contributed by atoms with Crippen molar-refractivity contribution >= 4 is 5.97 Å². The van der Waals surface area contributed by atoms with Crippen molar-refractivity contribution in [2.45, 2.75) is 40.5 Å². The molecule has 0 rings (SSSR count). The van der Waals surface area contributed by atoms with Gasteiger partial charge in [-0.05, 0) is 25.2 Å². The fourth-order valence-corrected chi connectivity index (χ4v) is 1.26. The van der Waals surface area contributed by atoms with Gasteiger partial charge >= 0.3 is 5.97 Å². The summed E-state index contributed by atoms with van der Waals surface area (Å²) in [7, 11) is 0. The second kappa shape index (κ2) is 6.63. The lowest BCUT2D eigenvalue weighted by Crippen LogP contribution is -2.14. The molecule has 0 saturated carbocycles. The second-order valence-electron chi connectivity index (χ2n) is 4.23. The molecule has 0 amide bonds. The van der Waals surface area contributed by atoms with E-state index in [2.05, 4.69) is 27.4 Å². The third kappa shape index (κ3) is 5.79. The molecule has 0 aromatic rings. The van der Waals surface area contributed by atoms with E-state index in [4.69, 9.17) is 4.74 Å². The van der Waals surface area contributed by atoms with Gasteiger partial charge in [0.15, 0.2) is 0 Å². The van der Waals surface area contributed by atoms with Crippen LogP contribution in [0.1, 0.15) is 40.5 Å². The molecule has 0 spiro atoms. The summed E-state index contributed by atoms with van der Waals surface area (Å²) >= 11 is 0. The van der Waals surface area contributed by atoms with E-state index in [0.29, 0.717) is 24.0 Å². The topological polar surface area (TPSA) is 26.3 Å². The molecule has 0 aliphatic rings. The first-order valence-electron chi connectivity index (χ1n) is 5.30. The predicted octanol–water partition coefficient (Wildman–Crippen LogP) is 3.18. The van der Waals surface area contributed by atoms with E-state index < -0.39 is 0 Å². The molecule has 0 aromatic carbocycles. The van der Waals surface area contributed by atoms with Crippen LogP contribution in [-0.4, -0.2) is 12.6 Å². The van der Waals surface area contributed by atoms with Gasteiger partial charge in [-0.1, -0.05) is 33.8 Å². The smallest absolute Gasteiger partial charge is 0.333 e. The number of carbonyl (C=O) groups is 1. The van der Waals surface area contributed by atoms with Crippen molar-refractivity contribution in [1.82, 2.24) is 0 Å². The highest BCUT2D eigenvalue weighted by Gasteiger charge is 2.10. The van der Waals surface area contributed by atoms with Gasteiger partial charge in [0.1, 0.15) is 0 Å². The molecule has 0 aliphatic heterocycles. The van der Waals surface area contributed by atoms with E-state index in [1.807, 2.05) is 0 Å². The summed E-state index contributed by atoms with van der Waals surface area (Å²) in [6.45, 7) is 12.2. The SMILES string of the molecule is C=C(C)C(=O)OCC(C)CC(C)CC. The molecule has 82 valence electrons. The average molecular weight is 198 g/mol. The van der Waals surface area contributed by atoms with Crippen LogP contribution in [0.3, 0.4) is 0 Å². The summed E-state index contributed by atoms with van der Waals surface area (Å²) < 4.78 is 5.07. The first kappa shape index (κ1) is 13.2. The molecule has 14 heavy (non-hydrogen) atoms. The van der Waals surface area contributed by atoms with Crippen LogP contribution >= 0.6 is 0 Å². The number of rotatable bonds is 6. The number of carbonyl (C=O) groups excluding carboxylic acids is 1. The van der Waals surface area contributed by atoms with Gasteiger partial charge in [-0.15, -0.1) is 0 Å². The highest BCUT2D eigenvalue weighted by molar-refractivity contribution is 5.86. The number of hydrogen-bond acceptors (Lipinski definition) is 2. The van der Waals surface area contributed by atoms with Gasteiger partial charge in [-0.2, -0.15) is 0 Å². The third-order valence-corrected chi connectivity index (χ3v) is 2.35. The Hall–Kier alpha value is -0.790. The number of ether oxygens (including phenoxy) is 1. The van der Waals surface area contributed by atoms with E-state index >= 15 is 0 Å². The predicted molar refractivity (Wildman–Crippen MR) is 59.0 cm³/mol. The van der Waals surface area contributed by atoms with Gasteiger partial charge < -0.3 is 4.74 Å². The van der Waals surface area contributed by atoms with E-state index in [-0.39, 0.29) is 5.97 Å². The molecule has 0 saturated heterocycles. The zero-order valence-corrected chi connectivity index (χ0v) is 9.80. The lowest BCUT2D eigenvalue weighted by atomic mass is 9.96. The lowest BCUT2D eigenvalue weighted by molar-refractivity contribution is -0.140. The van der Waals surface area contributed by atoms with Crippen LogP contribution in [0.15, 0.2) is 12.2 Å². The van der Waals surface area contributed by atoms with E-state index in [1.165, 1.54) is 6.42 Å². The van der Waals surface area contributed by atoms with Gasteiger partial charge in [-0.3, -0.25) is 0 Å². The summed E-state index contributed by atoms with van der Waals surface area (Å²) in [5.74, 6) is 0.864. The summed E-state index contributed by atoms with van der Waals surface area (Å²) in [5.41, 5.74) is 0.473. The highest BCUT2D eigenvalue weighted by Crippen LogP contribution is 2.15. The average Bonchev–Trinajstić information content (AvgIpc) is 2.13. The molecule has 0 heterocycles. The zero-order chi connectivity index (χ0) is 11.1. The van der Waals surface area contributed by atoms with Crippen LogP contribution < -0.4 is 0 Å². The molecule has 2 nitrogen and oxygen atoms in total. The number of hydrogen-bond donors (Lipinski definition) is 0. The van der Waals surface area contributed by atoms with Gasteiger partial charge in [-0.25, -0.2) is 4.79 Å². The lowest BCUT2D eigenvalue weighted by Gasteiger charge is -2.15. The van der Waals surface area contributed by atoms with Crippen LogP contribution in [0.4, 0.5) is 0 Å². The Labute approximate surface area is 87.3 Å². The Kier molecular flexibility index (Phi) is 6.26. The second-order valence-corrected chi connectivity index (χ2v) is 4.23. The van der Waals surface area contributed by atoms with Crippen molar-refractivity contribution in [3.05, 3.63) is 12.2 Å². The molecule has 0 bridgehead atoms. The van der Waals surface area contributed by atoms with E-state index in [1.54, 1.807) is 6.92 Å². The van der Waals surface area contributed by atoms with Crippen LogP contribution in [0.5, 0.6) is 0 Å². The fourth-order valence-electron chi connectivity index (χ4n) is 1.26. The molecular formula is C12H22O2. The number of esters is 1. The quantitative estimate of drug-likeness (QED) is 0.484. The maximum atomic E-state index is 11.1. The summed E-state index contributed by atoms with van der Waals surface area (Å²) in [5, 5.41) is 0. The van der Waals surface area contributed by atoms with E-state index in [0.717, 1.165) is 6.42 Å². The molecule has 0 fully saturated rings. The van der Waals surface area contributed by atoms with Crippen molar-refractivity contribution in [3.63, 3.8) is 0 Å². The Morgan fingerprint density at radius 3 is 2.36 bits per heavy atom. The fraction of sp³-hybridized carbons (Fsp3) is 0.750. The van der Waals surface area contributed by atoms with Crippen molar-refractivity contribution in [2.75, 3.05) is 6.61 Å². The van der Waals surface area contributed by atoms with Crippen molar-refractivity contribution in [3.8, 4) is 0 Å². The minimum Gasteiger partial charge on any atom is -0.462 e. The minimum atomic E-state index is -0.277. The Balaban J connectivity index is 3.68. The Bertz CT molecular complexity index is 196. The van der Waals surface area contributed by atoms with Crippen LogP contribution in [-0.2, 0) is 9.53 Å². The highest BCUT2D eigenvalue weighted by atomic mass is 16.5. The molecule has 2 atom stereocenters. The van der Waals surface area contributed by atoms with Crippen molar-refractivity contribution in [2.24, 2.45) is 11.8 Å². The van der Waals surface area contributed by atoms with Crippen LogP contribution in [0, 0.1) is 11.8 Å². The van der Waals surface area contributed by atoms with Gasteiger partial charge in [0.25, 0.3) is 0 Å². The molecule has 0 aromatic heterocycles. The summed E-state index contributed by atoms with van der Waals surface area (Å²) in [6, 6.07) is 0. The maximum absolute atomic E-state index is 11.1. The van der Waals surface area contributed by atoms with Gasteiger partial charge in [0, 0.05) is 5.57 Å². The molecule has 0 N–H and O–H groups in total. The first-order chi connectivity index (χ1) is 6.47. The maximum Gasteiger partial charge on any atom is 0.333 e. The first-order valence-corrected chi connectivity index (χ1v) is 5.30. The molecule has 0 aliphatic carbocycles. The zero-order valence-electron chi connectivity index (χ0n) is 9.80. The summed E-state index contributed by atoms with van der Waals surface area (Å²) in [4.78, 5) is 11.1.